The summed E-state index contributed by atoms with van der Waals surface area (Å²) in [5, 5.41) is 9.39. The van der Waals surface area contributed by atoms with E-state index in [-0.39, 0.29) is 11.3 Å². The van der Waals surface area contributed by atoms with Gasteiger partial charge in [-0.15, -0.1) is 11.3 Å². The first-order chi connectivity index (χ1) is 11.3. The summed E-state index contributed by atoms with van der Waals surface area (Å²) in [7, 11) is 0. The van der Waals surface area contributed by atoms with Crippen LogP contribution in [0.25, 0.3) is 10.8 Å². The molecule has 122 valence electrons. The first-order valence-corrected chi connectivity index (χ1v) is 9.13. The van der Waals surface area contributed by atoms with Gasteiger partial charge in [0.1, 0.15) is 0 Å². The van der Waals surface area contributed by atoms with Gasteiger partial charge in [-0.05, 0) is 37.4 Å². The smallest absolute Gasteiger partial charge is 0.228 e. The van der Waals surface area contributed by atoms with E-state index in [1.54, 1.807) is 17.6 Å². The monoisotopic (exact) mass is 331 g/mol. The zero-order valence-corrected chi connectivity index (χ0v) is 13.8. The van der Waals surface area contributed by atoms with E-state index in [1.165, 1.54) is 12.8 Å². The van der Waals surface area contributed by atoms with Gasteiger partial charge in [-0.1, -0.05) is 12.8 Å². The maximum Gasteiger partial charge on any atom is 0.228 e. The standard InChI is InChI=1S/C17H21N3O2S/c21-16(17-6-2-1-4-12(17)8-18-11-17)19-9-13-10-23-15(20-13)14-5-3-7-22-14/h3,5,7,10,12,18H,1-2,4,6,8-9,11H2,(H,19,21)/t12-,17+/m0/s1. The molecule has 2 aromatic rings. The molecule has 1 saturated heterocycles. The van der Waals surface area contributed by atoms with Gasteiger partial charge in [0.25, 0.3) is 0 Å². The Hall–Kier alpha value is -1.66. The fourth-order valence-electron chi connectivity index (χ4n) is 3.94. The predicted molar refractivity (Wildman–Crippen MR) is 88.9 cm³/mol. The Bertz CT molecular complexity index is 682. The van der Waals surface area contributed by atoms with E-state index in [0.29, 0.717) is 12.5 Å². The second-order valence-corrected chi connectivity index (χ2v) is 7.39. The second-order valence-electron chi connectivity index (χ2n) is 6.53. The summed E-state index contributed by atoms with van der Waals surface area (Å²) in [6.45, 7) is 2.29. The van der Waals surface area contributed by atoms with E-state index >= 15 is 0 Å². The van der Waals surface area contributed by atoms with Crippen molar-refractivity contribution in [3.05, 3.63) is 29.5 Å². The molecule has 0 spiro atoms. The Kier molecular flexibility index (Phi) is 3.95. The van der Waals surface area contributed by atoms with Gasteiger partial charge in [-0.25, -0.2) is 4.98 Å². The van der Waals surface area contributed by atoms with Gasteiger partial charge in [-0.2, -0.15) is 0 Å². The minimum absolute atomic E-state index is 0.194. The molecule has 5 nitrogen and oxygen atoms in total. The van der Waals surface area contributed by atoms with Crippen molar-refractivity contribution in [1.29, 1.82) is 0 Å². The highest BCUT2D eigenvalue weighted by atomic mass is 32.1. The number of hydrogen-bond acceptors (Lipinski definition) is 5. The number of carbonyl (C=O) groups excluding carboxylic acids is 1. The summed E-state index contributed by atoms with van der Waals surface area (Å²) >= 11 is 1.54. The van der Waals surface area contributed by atoms with Crippen molar-refractivity contribution >= 4 is 17.2 Å². The van der Waals surface area contributed by atoms with Crippen molar-refractivity contribution < 1.29 is 9.21 Å². The molecular formula is C17H21N3O2S. The normalized spacial score (nSPS) is 26.9. The molecule has 2 N–H and O–H groups in total. The number of nitrogens with one attached hydrogen (secondary N) is 2. The van der Waals surface area contributed by atoms with Crippen LogP contribution in [0, 0.1) is 11.3 Å². The van der Waals surface area contributed by atoms with Crippen LogP contribution in [-0.2, 0) is 11.3 Å². The quantitative estimate of drug-likeness (QED) is 0.904. The minimum Gasteiger partial charge on any atom is -0.462 e. The Labute approximate surface area is 139 Å². The molecule has 1 saturated carbocycles. The molecule has 3 heterocycles. The van der Waals surface area contributed by atoms with Gasteiger partial charge in [0, 0.05) is 11.9 Å². The molecule has 6 heteroatoms. The van der Waals surface area contributed by atoms with E-state index in [4.69, 9.17) is 4.42 Å². The predicted octanol–water partition coefficient (Wildman–Crippen LogP) is 2.80. The van der Waals surface area contributed by atoms with E-state index in [0.717, 1.165) is 42.4 Å². The number of thiazole rings is 1. The third kappa shape index (κ3) is 2.70. The zero-order chi connectivity index (χ0) is 15.7. The second kappa shape index (κ2) is 6.09. The summed E-state index contributed by atoms with van der Waals surface area (Å²) in [6.07, 6.45) is 6.23. The summed E-state index contributed by atoms with van der Waals surface area (Å²) in [5.41, 5.74) is 0.697. The number of fused-ring (bicyclic) bond motifs is 1. The summed E-state index contributed by atoms with van der Waals surface area (Å²) < 4.78 is 5.36. The summed E-state index contributed by atoms with van der Waals surface area (Å²) in [4.78, 5) is 17.4. The third-order valence-electron chi connectivity index (χ3n) is 5.20. The lowest BCUT2D eigenvalue weighted by Crippen LogP contribution is -2.47. The van der Waals surface area contributed by atoms with Gasteiger partial charge in [0.05, 0.1) is 23.9 Å². The third-order valence-corrected chi connectivity index (χ3v) is 6.11. The highest BCUT2D eigenvalue weighted by Gasteiger charge is 2.49. The van der Waals surface area contributed by atoms with E-state index in [1.807, 2.05) is 17.5 Å². The molecule has 2 aliphatic rings. The van der Waals surface area contributed by atoms with Crippen molar-refractivity contribution in [3.8, 4) is 10.8 Å². The summed E-state index contributed by atoms with van der Waals surface area (Å²) in [5.74, 6) is 1.46. The van der Waals surface area contributed by atoms with E-state index in [2.05, 4.69) is 15.6 Å². The highest BCUT2D eigenvalue weighted by Crippen LogP contribution is 2.43. The maximum atomic E-state index is 12.8. The molecule has 1 aliphatic carbocycles. The molecule has 2 aromatic heterocycles. The molecule has 0 bridgehead atoms. The fourth-order valence-corrected chi connectivity index (χ4v) is 4.72. The molecule has 2 fully saturated rings. The molecular weight excluding hydrogens is 310 g/mol. The van der Waals surface area contributed by atoms with E-state index in [9.17, 15) is 4.79 Å². The average molecular weight is 331 g/mol. The number of rotatable bonds is 4. The minimum atomic E-state index is -0.196. The van der Waals surface area contributed by atoms with Gasteiger partial charge in [0.2, 0.25) is 5.91 Å². The van der Waals surface area contributed by atoms with Crippen LogP contribution in [0.2, 0.25) is 0 Å². The molecule has 23 heavy (non-hydrogen) atoms. The highest BCUT2D eigenvalue weighted by molar-refractivity contribution is 7.13. The maximum absolute atomic E-state index is 12.8. The average Bonchev–Trinajstić information content (AvgIpc) is 3.31. The Balaban J connectivity index is 1.42. The first-order valence-electron chi connectivity index (χ1n) is 8.25. The Morgan fingerprint density at radius 2 is 2.48 bits per heavy atom. The van der Waals surface area contributed by atoms with Crippen molar-refractivity contribution in [3.63, 3.8) is 0 Å². The van der Waals surface area contributed by atoms with Crippen LogP contribution in [-0.4, -0.2) is 24.0 Å². The molecule has 0 radical (unpaired) electrons. The van der Waals surface area contributed by atoms with Crippen molar-refractivity contribution in [2.75, 3.05) is 13.1 Å². The van der Waals surface area contributed by atoms with Crippen LogP contribution in [0.1, 0.15) is 31.4 Å². The van der Waals surface area contributed by atoms with Gasteiger partial charge < -0.3 is 15.1 Å². The largest absolute Gasteiger partial charge is 0.462 e. The molecule has 1 aliphatic heterocycles. The lowest BCUT2D eigenvalue weighted by atomic mass is 9.67. The van der Waals surface area contributed by atoms with Gasteiger partial charge in [0.15, 0.2) is 10.8 Å². The zero-order valence-electron chi connectivity index (χ0n) is 13.0. The number of carbonyl (C=O) groups is 1. The number of aromatic nitrogens is 1. The van der Waals surface area contributed by atoms with Crippen LogP contribution >= 0.6 is 11.3 Å². The van der Waals surface area contributed by atoms with Gasteiger partial charge in [-0.3, -0.25) is 4.79 Å². The molecule has 2 atom stereocenters. The van der Waals surface area contributed by atoms with Crippen molar-refractivity contribution in [2.24, 2.45) is 11.3 Å². The molecule has 1 amide bonds. The van der Waals surface area contributed by atoms with Crippen molar-refractivity contribution in [1.82, 2.24) is 15.6 Å². The van der Waals surface area contributed by atoms with Gasteiger partial charge >= 0.3 is 0 Å². The van der Waals surface area contributed by atoms with Crippen LogP contribution < -0.4 is 10.6 Å². The Morgan fingerprint density at radius 3 is 3.35 bits per heavy atom. The van der Waals surface area contributed by atoms with Crippen LogP contribution in [0.5, 0.6) is 0 Å². The molecule has 0 aromatic carbocycles. The number of furan rings is 1. The molecule has 4 rings (SSSR count). The number of nitrogens with zero attached hydrogens (tertiary/aromatic N) is 1. The lowest BCUT2D eigenvalue weighted by Gasteiger charge is -2.37. The fraction of sp³-hybridized carbons (Fsp3) is 0.529. The van der Waals surface area contributed by atoms with Crippen LogP contribution in [0.15, 0.2) is 28.2 Å². The summed E-state index contributed by atoms with van der Waals surface area (Å²) in [6, 6.07) is 3.75. The topological polar surface area (TPSA) is 67.2 Å². The van der Waals surface area contributed by atoms with Crippen LogP contribution in [0.4, 0.5) is 0 Å². The Morgan fingerprint density at radius 1 is 1.52 bits per heavy atom. The van der Waals surface area contributed by atoms with Crippen LogP contribution in [0.3, 0.4) is 0 Å². The lowest BCUT2D eigenvalue weighted by molar-refractivity contribution is -0.134. The SMILES string of the molecule is O=C(NCc1csc(-c2ccco2)n1)[C@@]12CCCC[C@H]1CNC2. The number of hydrogen-bond donors (Lipinski definition) is 2. The number of amides is 1. The van der Waals surface area contributed by atoms with E-state index < -0.39 is 0 Å². The van der Waals surface area contributed by atoms with Crippen molar-refractivity contribution in [2.45, 2.75) is 32.2 Å². The first kappa shape index (κ1) is 14.9. The molecule has 0 unspecified atom stereocenters.